The minimum atomic E-state index is -0.539. The Morgan fingerprint density at radius 1 is 0.854 bits per heavy atom. The molecular formula is C35H31FN2O3. The maximum Gasteiger partial charge on any atom is 0.407 e. The number of fused-ring (bicyclic) bond motifs is 3. The van der Waals surface area contributed by atoms with Crippen LogP contribution in [0.5, 0.6) is 0 Å². The normalized spacial score (nSPS) is 19.0. The predicted molar refractivity (Wildman–Crippen MR) is 156 cm³/mol. The van der Waals surface area contributed by atoms with Gasteiger partial charge in [0.1, 0.15) is 12.4 Å². The van der Waals surface area contributed by atoms with Crippen molar-refractivity contribution >= 4 is 12.0 Å². The van der Waals surface area contributed by atoms with Gasteiger partial charge in [-0.15, -0.1) is 0 Å². The van der Waals surface area contributed by atoms with Crippen molar-refractivity contribution in [2.24, 2.45) is 0 Å². The number of hydrogen-bond donors (Lipinski definition) is 1. The molecule has 4 aromatic rings. The molecule has 2 amide bonds. The van der Waals surface area contributed by atoms with E-state index in [2.05, 4.69) is 29.6 Å². The zero-order valence-corrected chi connectivity index (χ0v) is 22.6. The van der Waals surface area contributed by atoms with Crippen molar-refractivity contribution in [3.05, 3.63) is 143 Å². The maximum absolute atomic E-state index is 13.7. The molecule has 41 heavy (non-hydrogen) atoms. The lowest BCUT2D eigenvalue weighted by atomic mass is 9.98. The summed E-state index contributed by atoms with van der Waals surface area (Å²) in [6.45, 7) is 0.604. The van der Waals surface area contributed by atoms with Crippen LogP contribution in [0.15, 0.2) is 115 Å². The Morgan fingerprint density at radius 2 is 1.49 bits per heavy atom. The van der Waals surface area contributed by atoms with E-state index in [1.165, 1.54) is 23.3 Å². The van der Waals surface area contributed by atoms with E-state index in [0.717, 1.165) is 22.3 Å². The summed E-state index contributed by atoms with van der Waals surface area (Å²) in [6, 6.07) is 31.7. The highest BCUT2D eigenvalue weighted by Gasteiger charge is 2.31. The van der Waals surface area contributed by atoms with Gasteiger partial charge in [-0.1, -0.05) is 103 Å². The third-order valence-electron chi connectivity index (χ3n) is 7.89. The molecule has 1 aliphatic carbocycles. The number of carbonyl (C=O) groups is 2. The van der Waals surface area contributed by atoms with E-state index in [0.29, 0.717) is 13.0 Å². The van der Waals surface area contributed by atoms with Crippen LogP contribution < -0.4 is 5.32 Å². The lowest BCUT2D eigenvalue weighted by Gasteiger charge is -2.33. The summed E-state index contributed by atoms with van der Waals surface area (Å²) in [4.78, 5) is 28.4. The summed E-state index contributed by atoms with van der Waals surface area (Å²) >= 11 is 0. The fraction of sp³-hybridized carbons (Fsp3) is 0.200. The Balaban J connectivity index is 1.16. The third-order valence-corrected chi connectivity index (χ3v) is 7.89. The van der Waals surface area contributed by atoms with Gasteiger partial charge in [-0.25, -0.2) is 9.18 Å². The van der Waals surface area contributed by atoms with Crippen molar-refractivity contribution in [2.45, 2.75) is 37.4 Å². The van der Waals surface area contributed by atoms with Gasteiger partial charge in [-0.05, 0) is 51.9 Å². The molecule has 0 spiro atoms. The van der Waals surface area contributed by atoms with Gasteiger partial charge < -0.3 is 15.0 Å². The third kappa shape index (κ3) is 5.78. The summed E-state index contributed by atoms with van der Waals surface area (Å²) in [5.74, 6) is -0.460. The minimum Gasteiger partial charge on any atom is -0.449 e. The monoisotopic (exact) mass is 546 g/mol. The second kappa shape index (κ2) is 11.8. The Kier molecular flexibility index (Phi) is 7.63. The lowest BCUT2D eigenvalue weighted by molar-refractivity contribution is -0.134. The number of hydrogen-bond acceptors (Lipinski definition) is 3. The van der Waals surface area contributed by atoms with Crippen molar-refractivity contribution in [1.29, 1.82) is 0 Å². The first-order valence-corrected chi connectivity index (χ1v) is 13.9. The number of rotatable bonds is 6. The van der Waals surface area contributed by atoms with Crippen LogP contribution in [-0.4, -0.2) is 29.5 Å². The van der Waals surface area contributed by atoms with Crippen LogP contribution in [0.2, 0.25) is 0 Å². The molecule has 0 unspecified atom stereocenters. The zero-order chi connectivity index (χ0) is 28.2. The molecule has 0 aromatic heterocycles. The van der Waals surface area contributed by atoms with Crippen LogP contribution in [0, 0.1) is 5.82 Å². The summed E-state index contributed by atoms with van der Waals surface area (Å²) in [7, 11) is 0. The highest BCUT2D eigenvalue weighted by molar-refractivity contribution is 5.80. The molecule has 0 radical (unpaired) electrons. The van der Waals surface area contributed by atoms with Gasteiger partial charge in [0.2, 0.25) is 5.91 Å². The molecule has 0 bridgehead atoms. The van der Waals surface area contributed by atoms with Crippen molar-refractivity contribution < 1.29 is 18.7 Å². The summed E-state index contributed by atoms with van der Waals surface area (Å²) in [5, 5.41) is 2.93. The fourth-order valence-electron chi connectivity index (χ4n) is 5.88. The molecule has 4 aromatic carbocycles. The quantitative estimate of drug-likeness (QED) is 0.261. The summed E-state index contributed by atoms with van der Waals surface area (Å²) in [5.41, 5.74) is 6.45. The number of alkyl carbamates (subject to hydrolysis) is 1. The number of nitrogens with one attached hydrogen (secondary N) is 1. The molecule has 1 aliphatic heterocycles. The molecule has 0 fully saturated rings. The van der Waals surface area contributed by atoms with E-state index >= 15 is 0 Å². The Bertz CT molecular complexity index is 1520. The van der Waals surface area contributed by atoms with E-state index in [-0.39, 0.29) is 36.7 Å². The van der Waals surface area contributed by atoms with E-state index in [1.54, 1.807) is 17.0 Å². The first-order valence-electron chi connectivity index (χ1n) is 13.9. The highest BCUT2D eigenvalue weighted by atomic mass is 19.1. The van der Waals surface area contributed by atoms with E-state index in [1.807, 2.05) is 66.7 Å². The first kappa shape index (κ1) is 26.5. The lowest BCUT2D eigenvalue weighted by Crippen LogP contribution is -2.43. The second-order valence-electron chi connectivity index (χ2n) is 10.5. The van der Waals surface area contributed by atoms with Gasteiger partial charge in [0.05, 0.1) is 6.04 Å². The van der Waals surface area contributed by atoms with Crippen LogP contribution in [0.3, 0.4) is 0 Å². The van der Waals surface area contributed by atoms with E-state index < -0.39 is 12.1 Å². The number of carbonyl (C=O) groups excluding carboxylic acids is 2. The van der Waals surface area contributed by atoms with Gasteiger partial charge in [0.15, 0.2) is 0 Å². The van der Waals surface area contributed by atoms with Gasteiger partial charge in [0, 0.05) is 24.9 Å². The van der Waals surface area contributed by atoms with Crippen molar-refractivity contribution in [3.8, 4) is 11.1 Å². The molecule has 0 saturated heterocycles. The molecule has 2 aliphatic rings. The molecule has 2 atom stereocenters. The average Bonchev–Trinajstić information content (AvgIpc) is 3.31. The van der Waals surface area contributed by atoms with Crippen LogP contribution in [-0.2, 0) is 16.1 Å². The highest BCUT2D eigenvalue weighted by Crippen LogP contribution is 2.44. The molecular weight excluding hydrogens is 515 g/mol. The Labute approximate surface area is 239 Å². The van der Waals surface area contributed by atoms with E-state index in [9.17, 15) is 14.0 Å². The van der Waals surface area contributed by atoms with Crippen molar-refractivity contribution in [1.82, 2.24) is 10.2 Å². The van der Waals surface area contributed by atoms with Crippen molar-refractivity contribution in [2.75, 3.05) is 6.61 Å². The largest absolute Gasteiger partial charge is 0.449 e. The molecule has 206 valence electrons. The molecule has 1 N–H and O–H groups in total. The Hall–Kier alpha value is -4.71. The second-order valence-corrected chi connectivity index (χ2v) is 10.5. The van der Waals surface area contributed by atoms with Gasteiger partial charge >= 0.3 is 6.09 Å². The number of benzene rings is 4. The van der Waals surface area contributed by atoms with Crippen LogP contribution in [0.25, 0.3) is 11.1 Å². The topological polar surface area (TPSA) is 58.6 Å². The summed E-state index contributed by atoms with van der Waals surface area (Å²) in [6.07, 6.45) is 4.00. The summed E-state index contributed by atoms with van der Waals surface area (Å²) < 4.78 is 19.4. The minimum absolute atomic E-state index is 0.0372. The zero-order valence-electron chi connectivity index (χ0n) is 22.6. The fourth-order valence-corrected chi connectivity index (χ4v) is 5.88. The van der Waals surface area contributed by atoms with Gasteiger partial charge in [-0.3, -0.25) is 4.79 Å². The smallest absolute Gasteiger partial charge is 0.407 e. The van der Waals surface area contributed by atoms with Crippen LogP contribution >= 0.6 is 0 Å². The average molecular weight is 547 g/mol. The van der Waals surface area contributed by atoms with Gasteiger partial charge in [-0.2, -0.15) is 0 Å². The molecule has 6 rings (SSSR count). The molecule has 5 nitrogen and oxygen atoms in total. The van der Waals surface area contributed by atoms with Crippen molar-refractivity contribution in [3.63, 3.8) is 0 Å². The standard InChI is InChI=1S/C35H31FN2O3/c36-26-19-17-25(18-20-26)33-16-8-11-27(21-34(39)38(33)22-24-9-2-1-3-10-24)37-35(40)41-23-32-30-14-6-4-12-28(30)29-13-5-7-15-31(29)32/h1-10,12-20,27,32-33H,11,21-23H2,(H,37,40)/b16-8-/t27-,33+/m0/s1. The first-order chi connectivity index (χ1) is 20.1. The predicted octanol–water partition coefficient (Wildman–Crippen LogP) is 7.15. The van der Waals surface area contributed by atoms with Gasteiger partial charge in [0.25, 0.3) is 0 Å². The number of amides is 2. The number of ether oxygens (including phenoxy) is 1. The molecule has 1 heterocycles. The van der Waals surface area contributed by atoms with E-state index in [4.69, 9.17) is 4.74 Å². The number of halogens is 1. The molecule has 0 saturated carbocycles. The molecule has 6 heteroatoms. The Morgan fingerprint density at radius 3 is 2.17 bits per heavy atom. The number of nitrogens with zero attached hydrogens (tertiary/aromatic N) is 1. The SMILES string of the molecule is O=C(N[C@H]1C/C=C\[C@H](c2ccc(F)cc2)N(Cc2ccccc2)C(=O)C1)OCC1c2ccccc2-c2ccccc21. The van der Waals surface area contributed by atoms with Crippen LogP contribution in [0.1, 0.15) is 47.1 Å². The van der Waals surface area contributed by atoms with Crippen LogP contribution in [0.4, 0.5) is 9.18 Å². The maximum atomic E-state index is 13.7.